The van der Waals surface area contributed by atoms with Crippen molar-refractivity contribution in [2.45, 2.75) is 84.4 Å². The number of halogens is 2. The van der Waals surface area contributed by atoms with Gasteiger partial charge in [0.05, 0.1) is 19.3 Å². The first-order chi connectivity index (χ1) is 16.1. The van der Waals surface area contributed by atoms with Crippen molar-refractivity contribution >= 4 is 11.9 Å². The van der Waals surface area contributed by atoms with Gasteiger partial charge in [-0.15, -0.1) is 0 Å². The molecule has 9 atom stereocenters. The molecule has 0 amide bonds. The highest BCUT2D eigenvalue weighted by Gasteiger charge is 2.76. The highest BCUT2D eigenvalue weighted by molar-refractivity contribution is 6.01. The van der Waals surface area contributed by atoms with Gasteiger partial charge in [0.15, 0.2) is 11.5 Å². The van der Waals surface area contributed by atoms with E-state index in [2.05, 4.69) is 0 Å². The molecule has 3 fully saturated rings. The summed E-state index contributed by atoms with van der Waals surface area (Å²) in [4.78, 5) is 24.7. The van der Waals surface area contributed by atoms with Gasteiger partial charge in [-0.05, 0) is 61.2 Å². The van der Waals surface area contributed by atoms with Crippen LogP contribution in [0.2, 0.25) is 0 Å². The van der Waals surface area contributed by atoms with Crippen LogP contribution < -0.4 is 0 Å². The van der Waals surface area contributed by atoms with E-state index in [4.69, 9.17) is 9.47 Å². The molecule has 0 heterocycles. The Balaban J connectivity index is 1.73. The number of alkyl halides is 2. The minimum atomic E-state index is -2.22. The van der Waals surface area contributed by atoms with Crippen molar-refractivity contribution < 1.29 is 38.1 Å². The zero-order valence-electron chi connectivity index (χ0n) is 21.4. The van der Waals surface area contributed by atoms with Gasteiger partial charge in [-0.3, -0.25) is 4.79 Å². The fourth-order valence-corrected chi connectivity index (χ4v) is 7.65. The van der Waals surface area contributed by atoms with Crippen molar-refractivity contribution in [3.05, 3.63) is 23.8 Å². The lowest BCUT2D eigenvalue weighted by molar-refractivity contribution is -0.233. The van der Waals surface area contributed by atoms with Gasteiger partial charge in [-0.2, -0.15) is 0 Å². The number of aliphatic hydroxyl groups excluding tert-OH is 2. The summed E-state index contributed by atoms with van der Waals surface area (Å²) in [6.07, 6.45) is -0.108. The van der Waals surface area contributed by atoms with Gasteiger partial charge < -0.3 is 19.7 Å². The number of allylic oxidation sites excluding steroid dienone is 4. The van der Waals surface area contributed by atoms with Crippen molar-refractivity contribution in [2.75, 3.05) is 13.2 Å². The Hall–Kier alpha value is -1.80. The molecule has 3 saturated carbocycles. The third-order valence-electron chi connectivity index (χ3n) is 9.51. The highest BCUT2D eigenvalue weighted by atomic mass is 19.1. The molecule has 0 unspecified atom stereocenters. The number of ether oxygens (including phenoxy) is 2. The number of hydrogen-bond acceptors (Lipinski definition) is 6. The Kier molecular flexibility index (Phi) is 6.08. The van der Waals surface area contributed by atoms with Gasteiger partial charge in [-0.1, -0.05) is 40.7 Å². The van der Waals surface area contributed by atoms with Crippen molar-refractivity contribution in [3.63, 3.8) is 0 Å². The predicted molar refractivity (Wildman–Crippen MR) is 125 cm³/mol. The van der Waals surface area contributed by atoms with Crippen molar-refractivity contribution in [1.82, 2.24) is 0 Å². The van der Waals surface area contributed by atoms with Crippen molar-refractivity contribution in [3.8, 4) is 0 Å². The molecule has 0 aromatic carbocycles. The van der Waals surface area contributed by atoms with E-state index in [-0.39, 0.29) is 36.4 Å². The van der Waals surface area contributed by atoms with Crippen molar-refractivity contribution in [1.29, 1.82) is 0 Å². The minimum absolute atomic E-state index is 0.0628. The summed E-state index contributed by atoms with van der Waals surface area (Å²) in [5, 5.41) is 22.0. The number of fused-ring (bicyclic) bond motifs is 5. The van der Waals surface area contributed by atoms with Crippen LogP contribution in [0.15, 0.2) is 23.8 Å². The number of ketones is 1. The van der Waals surface area contributed by atoms with Crippen LogP contribution in [0.1, 0.15) is 60.8 Å². The predicted octanol–water partition coefficient (Wildman–Crippen LogP) is 4.48. The number of rotatable bonds is 3. The molecule has 0 radical (unpaired) electrons. The number of hydrogen-bond donors (Lipinski definition) is 2. The Morgan fingerprint density at radius 2 is 1.89 bits per heavy atom. The van der Waals surface area contributed by atoms with Gasteiger partial charge in [0.2, 0.25) is 0 Å². The molecular weight excluding hydrogens is 458 g/mol. The van der Waals surface area contributed by atoms with E-state index in [0.29, 0.717) is 6.42 Å². The Bertz CT molecular complexity index is 971. The van der Waals surface area contributed by atoms with Gasteiger partial charge in [0, 0.05) is 16.7 Å². The summed E-state index contributed by atoms with van der Waals surface area (Å²) in [6, 6.07) is 0. The van der Waals surface area contributed by atoms with Gasteiger partial charge in [0.1, 0.15) is 11.8 Å². The standard InChI is InChI=1S/C27H38F2O6/c1-15-9-17-18-11-20(28)19-10-16(31)7-8-24(19,5)27(18,29)21(32)12-25(17,6)26(15,13-30)35-22(33)34-14-23(2,3)4/h7-8,10,15,17-18,20-21,30,32H,9,11-14H2,1-6H3/t15-,17+,18+,20+,21+,24+,25+,26-,27+/m1/s1. The van der Waals surface area contributed by atoms with Crippen LogP contribution in [0.25, 0.3) is 0 Å². The summed E-state index contributed by atoms with van der Waals surface area (Å²) < 4.78 is 43.9. The molecule has 4 aliphatic rings. The molecule has 4 aliphatic carbocycles. The highest BCUT2D eigenvalue weighted by Crippen LogP contribution is 2.71. The third kappa shape index (κ3) is 3.53. The largest absolute Gasteiger partial charge is 0.508 e. The Morgan fingerprint density at radius 1 is 1.23 bits per heavy atom. The molecule has 4 rings (SSSR count). The van der Waals surface area contributed by atoms with E-state index >= 15 is 8.78 Å². The fraction of sp³-hybridized carbons (Fsp3) is 0.778. The molecule has 0 aliphatic heterocycles. The van der Waals surface area contributed by atoms with Crippen LogP contribution in [0.4, 0.5) is 13.6 Å². The molecule has 0 aromatic heterocycles. The van der Waals surface area contributed by atoms with E-state index in [9.17, 15) is 19.8 Å². The number of aliphatic hydroxyl groups is 2. The second-order valence-electron chi connectivity index (χ2n) is 12.7. The smallest absolute Gasteiger partial charge is 0.434 e. The van der Waals surface area contributed by atoms with E-state index in [0.717, 1.165) is 6.08 Å². The number of carbonyl (C=O) groups is 2. The second kappa shape index (κ2) is 8.10. The molecule has 8 heteroatoms. The lowest BCUT2D eigenvalue weighted by Gasteiger charge is -2.63. The van der Waals surface area contributed by atoms with Crippen LogP contribution >= 0.6 is 0 Å². The normalized spacial score (nSPS) is 46.9. The van der Waals surface area contributed by atoms with Crippen LogP contribution in [0.5, 0.6) is 0 Å². The third-order valence-corrected chi connectivity index (χ3v) is 9.51. The number of carbonyl (C=O) groups excluding carboxylic acids is 2. The topological polar surface area (TPSA) is 93.1 Å². The first-order valence-corrected chi connectivity index (χ1v) is 12.5. The Morgan fingerprint density at radius 3 is 2.49 bits per heavy atom. The van der Waals surface area contributed by atoms with E-state index < -0.39 is 64.8 Å². The summed E-state index contributed by atoms with van der Waals surface area (Å²) in [7, 11) is 0. The van der Waals surface area contributed by atoms with Gasteiger partial charge in [-0.25, -0.2) is 13.6 Å². The lowest BCUT2D eigenvalue weighted by Crippen LogP contribution is -2.70. The lowest BCUT2D eigenvalue weighted by atomic mass is 9.44. The maximum absolute atomic E-state index is 17.2. The minimum Gasteiger partial charge on any atom is -0.434 e. The first kappa shape index (κ1) is 26.3. The summed E-state index contributed by atoms with van der Waals surface area (Å²) >= 11 is 0. The van der Waals surface area contributed by atoms with Crippen LogP contribution in [0.3, 0.4) is 0 Å². The van der Waals surface area contributed by atoms with Gasteiger partial charge in [0.25, 0.3) is 0 Å². The summed E-state index contributed by atoms with van der Waals surface area (Å²) in [6.45, 7) is 10.5. The van der Waals surface area contributed by atoms with E-state index in [1.54, 1.807) is 13.8 Å². The van der Waals surface area contributed by atoms with Crippen molar-refractivity contribution in [2.24, 2.45) is 34.0 Å². The molecule has 2 N–H and O–H groups in total. The van der Waals surface area contributed by atoms with Crippen LogP contribution in [-0.4, -0.2) is 58.9 Å². The summed E-state index contributed by atoms with van der Waals surface area (Å²) in [5.41, 5.74) is -6.37. The maximum Gasteiger partial charge on any atom is 0.508 e. The molecular formula is C27H38F2O6. The average molecular weight is 497 g/mol. The second-order valence-corrected chi connectivity index (χ2v) is 12.7. The molecule has 0 spiro atoms. The zero-order valence-corrected chi connectivity index (χ0v) is 21.4. The Labute approximate surface area is 205 Å². The zero-order chi connectivity index (χ0) is 26.2. The van der Waals surface area contributed by atoms with E-state index in [1.807, 2.05) is 27.7 Å². The van der Waals surface area contributed by atoms with Crippen LogP contribution in [-0.2, 0) is 14.3 Å². The maximum atomic E-state index is 17.2. The molecule has 35 heavy (non-hydrogen) atoms. The van der Waals surface area contributed by atoms with E-state index in [1.165, 1.54) is 12.2 Å². The first-order valence-electron chi connectivity index (χ1n) is 12.5. The summed E-state index contributed by atoms with van der Waals surface area (Å²) in [5.74, 6) is -2.16. The molecule has 6 nitrogen and oxygen atoms in total. The molecule has 0 aromatic rings. The molecule has 0 bridgehead atoms. The van der Waals surface area contributed by atoms with Gasteiger partial charge >= 0.3 is 6.16 Å². The monoisotopic (exact) mass is 496 g/mol. The quantitative estimate of drug-likeness (QED) is 0.560. The molecule has 196 valence electrons. The fourth-order valence-electron chi connectivity index (χ4n) is 7.65. The van der Waals surface area contributed by atoms with Crippen LogP contribution in [0, 0.1) is 34.0 Å². The SMILES string of the molecule is C[C@@H]1C[C@H]2[C@@H]3C[C@H](F)C4=CC(=O)C=C[C@]4(C)[C@@]3(F)[C@@H](O)C[C@]2(C)[C@]1(CO)OC(=O)OCC(C)(C)C. The molecule has 0 saturated heterocycles. The average Bonchev–Trinajstić information content (AvgIpc) is 2.97.